The van der Waals surface area contributed by atoms with E-state index in [9.17, 15) is 9.59 Å². The predicted octanol–water partition coefficient (Wildman–Crippen LogP) is 0.871. The van der Waals surface area contributed by atoms with Gasteiger partial charge in [0, 0.05) is 32.0 Å². The normalized spacial score (nSPS) is 18.2. The highest BCUT2D eigenvalue weighted by Crippen LogP contribution is 2.13. The molecule has 0 aliphatic carbocycles. The van der Waals surface area contributed by atoms with Gasteiger partial charge in [-0.05, 0) is 35.2 Å². The van der Waals surface area contributed by atoms with Gasteiger partial charge in [0.2, 0.25) is 0 Å². The molecule has 0 aromatic carbocycles. The first-order valence-corrected chi connectivity index (χ1v) is 8.29. The highest BCUT2D eigenvalue weighted by Gasteiger charge is 2.26. The van der Waals surface area contributed by atoms with Crippen molar-refractivity contribution in [2.45, 2.75) is 6.10 Å². The van der Waals surface area contributed by atoms with E-state index in [4.69, 9.17) is 4.74 Å². The van der Waals surface area contributed by atoms with Gasteiger partial charge in [0.15, 0.2) is 0 Å². The van der Waals surface area contributed by atoms with Crippen molar-refractivity contribution in [3.63, 3.8) is 0 Å². The fourth-order valence-electron chi connectivity index (χ4n) is 2.14. The lowest BCUT2D eigenvalue weighted by atomic mass is 10.2. The first kappa shape index (κ1) is 15.1. The molecule has 0 bridgehead atoms. The second-order valence-electron chi connectivity index (χ2n) is 4.71. The minimum Gasteiger partial charge on any atom is -0.373 e. The van der Waals surface area contributed by atoms with Gasteiger partial charge in [-0.3, -0.25) is 9.59 Å². The lowest BCUT2D eigenvalue weighted by Gasteiger charge is -2.32. The molecule has 22 heavy (non-hydrogen) atoms. The van der Waals surface area contributed by atoms with Crippen molar-refractivity contribution >= 4 is 34.9 Å². The van der Waals surface area contributed by atoms with Crippen LogP contribution in [0.5, 0.6) is 0 Å². The Bertz CT molecular complexity index is 630. The number of hydrogen-bond acceptors (Lipinski definition) is 7. The molecule has 2 aromatic rings. The minimum atomic E-state index is -0.206. The molecule has 1 fully saturated rings. The van der Waals surface area contributed by atoms with E-state index >= 15 is 0 Å². The summed E-state index contributed by atoms with van der Waals surface area (Å²) in [5.41, 5.74) is 0. The Balaban J connectivity index is 1.52. The molecule has 3 rings (SSSR count). The van der Waals surface area contributed by atoms with Crippen molar-refractivity contribution in [3.8, 4) is 0 Å². The zero-order valence-electron chi connectivity index (χ0n) is 11.6. The molecule has 2 amide bonds. The first-order chi connectivity index (χ1) is 10.7. The van der Waals surface area contributed by atoms with Gasteiger partial charge in [-0.1, -0.05) is 0 Å². The van der Waals surface area contributed by atoms with Crippen molar-refractivity contribution in [1.82, 2.24) is 19.0 Å². The molecule has 1 aliphatic rings. The Morgan fingerprint density at radius 1 is 1.27 bits per heavy atom. The van der Waals surface area contributed by atoms with E-state index in [1.54, 1.807) is 29.4 Å². The molecule has 0 spiro atoms. The smallest absolute Gasteiger partial charge is 0.265 e. The van der Waals surface area contributed by atoms with Crippen LogP contribution in [0, 0.1) is 0 Å². The third-order valence-electron chi connectivity index (χ3n) is 3.23. The summed E-state index contributed by atoms with van der Waals surface area (Å²) in [6.07, 6.45) is 3.00. The molecule has 1 N–H and O–H groups in total. The molecule has 3 heterocycles. The van der Waals surface area contributed by atoms with Crippen LogP contribution in [-0.2, 0) is 4.74 Å². The summed E-state index contributed by atoms with van der Waals surface area (Å²) < 4.78 is 13.5. The van der Waals surface area contributed by atoms with Crippen molar-refractivity contribution in [2.24, 2.45) is 0 Å². The van der Waals surface area contributed by atoms with Crippen molar-refractivity contribution in [1.29, 1.82) is 0 Å². The van der Waals surface area contributed by atoms with Crippen molar-refractivity contribution < 1.29 is 14.3 Å². The Kier molecular flexibility index (Phi) is 4.76. The maximum Gasteiger partial charge on any atom is 0.265 e. The number of hydrogen-bond donors (Lipinski definition) is 1. The van der Waals surface area contributed by atoms with Crippen LogP contribution < -0.4 is 5.32 Å². The lowest BCUT2D eigenvalue weighted by Crippen LogP contribution is -2.49. The lowest BCUT2D eigenvalue weighted by molar-refractivity contribution is -0.0195. The van der Waals surface area contributed by atoms with Crippen LogP contribution in [0.3, 0.4) is 0 Å². The van der Waals surface area contributed by atoms with Gasteiger partial charge in [-0.2, -0.15) is 0 Å². The van der Waals surface area contributed by atoms with Gasteiger partial charge >= 0.3 is 0 Å². The van der Waals surface area contributed by atoms with E-state index in [2.05, 4.69) is 14.1 Å². The van der Waals surface area contributed by atoms with Crippen molar-refractivity contribution in [2.75, 3.05) is 26.2 Å². The average Bonchev–Trinajstić information content (AvgIpc) is 3.25. The molecule has 0 saturated carbocycles. The molecule has 1 saturated heterocycles. The van der Waals surface area contributed by atoms with E-state index in [0.29, 0.717) is 36.0 Å². The fourth-order valence-corrected chi connectivity index (χ4v) is 3.21. The van der Waals surface area contributed by atoms with Gasteiger partial charge in [0.05, 0.1) is 12.7 Å². The summed E-state index contributed by atoms with van der Waals surface area (Å²) in [6, 6.07) is 3.38. The number of rotatable bonds is 4. The van der Waals surface area contributed by atoms with Crippen LogP contribution in [0.1, 0.15) is 19.3 Å². The van der Waals surface area contributed by atoms with Crippen LogP contribution >= 0.6 is 23.1 Å². The third-order valence-corrected chi connectivity index (χ3v) is 4.71. The van der Waals surface area contributed by atoms with E-state index in [-0.39, 0.29) is 17.9 Å². The number of nitrogens with one attached hydrogen (secondary N) is 1. The average molecular weight is 338 g/mol. The molecule has 1 atom stereocenters. The number of aromatic nitrogens is 2. The Hall–Kier alpha value is -1.84. The van der Waals surface area contributed by atoms with Gasteiger partial charge in [0.25, 0.3) is 11.8 Å². The largest absolute Gasteiger partial charge is 0.373 e. The number of ether oxygens (including phenoxy) is 1. The van der Waals surface area contributed by atoms with Gasteiger partial charge < -0.3 is 15.0 Å². The summed E-state index contributed by atoms with van der Waals surface area (Å²) in [5.74, 6) is -0.207. The quantitative estimate of drug-likeness (QED) is 0.894. The minimum absolute atomic E-state index is 0.0374. The number of amides is 2. The van der Waals surface area contributed by atoms with Gasteiger partial charge in [0.1, 0.15) is 9.75 Å². The summed E-state index contributed by atoms with van der Waals surface area (Å²) in [4.78, 5) is 27.1. The number of morpholine rings is 1. The zero-order valence-corrected chi connectivity index (χ0v) is 13.2. The predicted molar refractivity (Wildman–Crippen MR) is 82.2 cm³/mol. The van der Waals surface area contributed by atoms with E-state index < -0.39 is 0 Å². The highest BCUT2D eigenvalue weighted by molar-refractivity contribution is 7.08. The molecular formula is C13H14N4O3S2. The molecule has 0 radical (unpaired) electrons. The monoisotopic (exact) mass is 338 g/mol. The second-order valence-corrected chi connectivity index (χ2v) is 6.37. The summed E-state index contributed by atoms with van der Waals surface area (Å²) >= 11 is 2.33. The fraction of sp³-hybridized carbons (Fsp3) is 0.385. The molecular weight excluding hydrogens is 324 g/mol. The van der Waals surface area contributed by atoms with Crippen LogP contribution in [0.15, 0.2) is 24.5 Å². The Morgan fingerprint density at radius 3 is 2.68 bits per heavy atom. The van der Waals surface area contributed by atoms with E-state index in [1.807, 2.05) is 0 Å². The van der Waals surface area contributed by atoms with Crippen LogP contribution in [0.2, 0.25) is 0 Å². The van der Waals surface area contributed by atoms with Gasteiger partial charge in [-0.25, -0.2) is 8.75 Å². The number of carbonyl (C=O) groups is 2. The summed E-state index contributed by atoms with van der Waals surface area (Å²) in [7, 11) is 0. The first-order valence-electron chi connectivity index (χ1n) is 6.74. The molecule has 7 nitrogen and oxygen atoms in total. The molecule has 9 heteroatoms. The van der Waals surface area contributed by atoms with E-state index in [0.717, 1.165) is 11.5 Å². The summed E-state index contributed by atoms with van der Waals surface area (Å²) in [6.45, 7) is 1.84. The number of carbonyl (C=O) groups excluding carboxylic acids is 2. The van der Waals surface area contributed by atoms with E-state index in [1.165, 1.54) is 11.5 Å². The standard InChI is InChI=1S/C13H14N4O3S2/c18-12(10-1-3-15-21-10)14-7-9-8-17(5-6-20-9)13(19)11-2-4-16-22-11/h1-4,9H,5-8H2,(H,14,18). The second kappa shape index (κ2) is 6.95. The third kappa shape index (κ3) is 3.49. The SMILES string of the molecule is O=C(NCC1CN(C(=O)c2ccns2)CCO1)c1ccns1. The maximum absolute atomic E-state index is 12.3. The zero-order chi connectivity index (χ0) is 15.4. The molecule has 1 unspecified atom stereocenters. The topological polar surface area (TPSA) is 84.4 Å². The van der Waals surface area contributed by atoms with Gasteiger partial charge in [-0.15, -0.1) is 0 Å². The maximum atomic E-state index is 12.3. The number of nitrogens with zero attached hydrogens (tertiary/aromatic N) is 3. The highest BCUT2D eigenvalue weighted by atomic mass is 32.1. The van der Waals surface area contributed by atoms with Crippen molar-refractivity contribution in [3.05, 3.63) is 34.3 Å². The van der Waals surface area contributed by atoms with Crippen LogP contribution in [-0.4, -0.2) is 57.8 Å². The van der Waals surface area contributed by atoms with Crippen LogP contribution in [0.25, 0.3) is 0 Å². The molecule has 1 aliphatic heterocycles. The molecule has 116 valence electrons. The Morgan fingerprint density at radius 2 is 2.00 bits per heavy atom. The summed E-state index contributed by atoms with van der Waals surface area (Å²) in [5, 5.41) is 2.81. The molecule has 2 aromatic heterocycles. The Labute approximate surface area is 135 Å². The van der Waals surface area contributed by atoms with Crippen LogP contribution in [0.4, 0.5) is 0 Å².